The number of pyridine rings is 1. The highest BCUT2D eigenvalue weighted by molar-refractivity contribution is 7.97. The SMILES string of the molecule is FC(F)Oc1ccc(Sn2cc3c(n2)CNC3)cn1. The van der Waals surface area contributed by atoms with E-state index in [1.807, 2.05) is 6.20 Å². The topological polar surface area (TPSA) is 52.0 Å². The minimum absolute atomic E-state index is 0.0912. The smallest absolute Gasteiger partial charge is 0.388 e. The first kappa shape index (κ1) is 12.4. The molecule has 0 saturated carbocycles. The molecule has 0 aromatic carbocycles. The molecule has 0 radical (unpaired) electrons. The first-order valence-electron chi connectivity index (χ1n) is 5.58. The quantitative estimate of drug-likeness (QED) is 0.931. The third-order valence-electron chi connectivity index (χ3n) is 2.58. The van der Waals surface area contributed by atoms with Crippen molar-refractivity contribution in [2.24, 2.45) is 0 Å². The van der Waals surface area contributed by atoms with Crippen LogP contribution in [0.2, 0.25) is 0 Å². The van der Waals surface area contributed by atoms with Gasteiger partial charge in [0.15, 0.2) is 0 Å². The average molecular weight is 284 g/mol. The Morgan fingerprint density at radius 1 is 1.37 bits per heavy atom. The summed E-state index contributed by atoms with van der Waals surface area (Å²) in [5.41, 5.74) is 2.22. The van der Waals surface area contributed by atoms with Gasteiger partial charge in [-0.15, -0.1) is 0 Å². The maximum Gasteiger partial charge on any atom is 0.388 e. The van der Waals surface area contributed by atoms with Crippen molar-refractivity contribution in [2.45, 2.75) is 24.6 Å². The van der Waals surface area contributed by atoms with Crippen molar-refractivity contribution < 1.29 is 13.5 Å². The van der Waals surface area contributed by atoms with Crippen LogP contribution in [0.1, 0.15) is 11.3 Å². The zero-order chi connectivity index (χ0) is 13.2. The third-order valence-corrected chi connectivity index (χ3v) is 3.41. The fourth-order valence-electron chi connectivity index (χ4n) is 1.77. The molecule has 1 aliphatic rings. The van der Waals surface area contributed by atoms with Gasteiger partial charge in [-0.3, -0.25) is 0 Å². The lowest BCUT2D eigenvalue weighted by atomic mass is 10.3. The summed E-state index contributed by atoms with van der Waals surface area (Å²) in [6.07, 6.45) is 3.43. The van der Waals surface area contributed by atoms with Crippen LogP contribution in [0, 0.1) is 0 Å². The molecular formula is C11H10F2N4OS. The Balaban J connectivity index is 1.69. The molecule has 3 heterocycles. The van der Waals surface area contributed by atoms with Gasteiger partial charge in [-0.1, -0.05) is 0 Å². The van der Waals surface area contributed by atoms with Crippen LogP contribution in [-0.4, -0.2) is 20.8 Å². The molecule has 0 spiro atoms. The van der Waals surface area contributed by atoms with Crippen LogP contribution in [0.3, 0.4) is 0 Å². The predicted octanol–water partition coefficient (Wildman–Crippen LogP) is 2.04. The van der Waals surface area contributed by atoms with E-state index in [2.05, 4.69) is 20.1 Å². The van der Waals surface area contributed by atoms with E-state index in [-0.39, 0.29) is 5.88 Å². The van der Waals surface area contributed by atoms with Crippen molar-refractivity contribution in [1.29, 1.82) is 0 Å². The Morgan fingerprint density at radius 2 is 2.26 bits per heavy atom. The van der Waals surface area contributed by atoms with Gasteiger partial charge in [0.1, 0.15) is 0 Å². The summed E-state index contributed by atoms with van der Waals surface area (Å²) in [7, 11) is 0. The molecule has 3 rings (SSSR count). The fraction of sp³-hybridized carbons (Fsp3) is 0.273. The summed E-state index contributed by atoms with van der Waals surface area (Å²) < 4.78 is 29.9. The molecule has 100 valence electrons. The average Bonchev–Trinajstić information content (AvgIpc) is 2.91. The first-order valence-corrected chi connectivity index (χ1v) is 6.35. The van der Waals surface area contributed by atoms with Crippen molar-refractivity contribution in [2.75, 3.05) is 0 Å². The Morgan fingerprint density at radius 3 is 2.95 bits per heavy atom. The Bertz CT molecular complexity index is 551. The largest absolute Gasteiger partial charge is 0.417 e. The number of rotatable bonds is 4. The molecule has 0 saturated heterocycles. The Hall–Kier alpha value is -1.67. The van der Waals surface area contributed by atoms with E-state index >= 15 is 0 Å². The molecule has 0 fully saturated rings. The highest BCUT2D eigenvalue weighted by Gasteiger charge is 2.15. The summed E-state index contributed by atoms with van der Waals surface area (Å²) in [6, 6.07) is 3.08. The standard InChI is InChI=1S/C11H10F2N4OS/c12-11(13)18-10-2-1-8(4-15-10)19-17-6-7-3-14-5-9(7)16-17/h1-2,4,6,11,14H,3,5H2. The van der Waals surface area contributed by atoms with Gasteiger partial charge < -0.3 is 10.1 Å². The number of fused-ring (bicyclic) bond motifs is 1. The van der Waals surface area contributed by atoms with Crippen molar-refractivity contribution in [3.8, 4) is 5.88 Å². The van der Waals surface area contributed by atoms with Crippen LogP contribution >= 0.6 is 11.9 Å². The van der Waals surface area contributed by atoms with Crippen LogP contribution < -0.4 is 10.1 Å². The third kappa shape index (κ3) is 2.85. The van der Waals surface area contributed by atoms with Gasteiger partial charge >= 0.3 is 6.61 Å². The van der Waals surface area contributed by atoms with Gasteiger partial charge in [0.05, 0.1) is 5.69 Å². The van der Waals surface area contributed by atoms with E-state index in [9.17, 15) is 8.78 Å². The van der Waals surface area contributed by atoms with E-state index in [4.69, 9.17) is 0 Å². The lowest BCUT2D eigenvalue weighted by Crippen LogP contribution is -2.04. The van der Waals surface area contributed by atoms with Crippen molar-refractivity contribution in [1.82, 2.24) is 19.5 Å². The molecule has 5 nitrogen and oxygen atoms in total. The summed E-state index contributed by atoms with van der Waals surface area (Å²) in [6.45, 7) is -1.25. The fourth-order valence-corrected chi connectivity index (χ4v) is 2.53. The van der Waals surface area contributed by atoms with Crippen LogP contribution in [0.25, 0.3) is 0 Å². The van der Waals surface area contributed by atoms with Crippen LogP contribution in [0.5, 0.6) is 5.88 Å². The monoisotopic (exact) mass is 284 g/mol. The van der Waals surface area contributed by atoms with Gasteiger partial charge in [-0.25, -0.2) is 9.07 Å². The molecule has 0 unspecified atom stereocenters. The van der Waals surface area contributed by atoms with Gasteiger partial charge in [0.25, 0.3) is 0 Å². The van der Waals surface area contributed by atoms with E-state index in [0.29, 0.717) is 0 Å². The lowest BCUT2D eigenvalue weighted by Gasteiger charge is -2.04. The molecule has 2 aromatic heterocycles. The van der Waals surface area contributed by atoms with E-state index in [0.717, 1.165) is 23.7 Å². The number of aromatic nitrogens is 3. The van der Waals surface area contributed by atoms with Crippen molar-refractivity contribution in [3.63, 3.8) is 0 Å². The summed E-state index contributed by atoms with van der Waals surface area (Å²) >= 11 is 1.37. The second-order valence-corrected chi connectivity index (χ2v) is 4.94. The zero-order valence-electron chi connectivity index (χ0n) is 9.72. The molecule has 0 aliphatic carbocycles. The van der Waals surface area contributed by atoms with Gasteiger partial charge in [0, 0.05) is 54.0 Å². The minimum Gasteiger partial charge on any atom is -0.417 e. The number of hydrogen-bond donors (Lipinski definition) is 1. The molecule has 1 N–H and O–H groups in total. The number of ether oxygens (including phenoxy) is 1. The Labute approximate surface area is 112 Å². The molecule has 0 atom stereocenters. The minimum atomic E-state index is -2.85. The predicted molar refractivity (Wildman–Crippen MR) is 64.9 cm³/mol. The van der Waals surface area contributed by atoms with Crippen molar-refractivity contribution in [3.05, 3.63) is 35.8 Å². The second kappa shape index (κ2) is 5.14. The van der Waals surface area contributed by atoms with E-state index < -0.39 is 6.61 Å². The van der Waals surface area contributed by atoms with Gasteiger partial charge in [-0.2, -0.15) is 13.9 Å². The number of hydrogen-bond acceptors (Lipinski definition) is 5. The highest BCUT2D eigenvalue weighted by Crippen LogP contribution is 2.23. The van der Waals surface area contributed by atoms with E-state index in [1.54, 1.807) is 10.2 Å². The van der Waals surface area contributed by atoms with E-state index in [1.165, 1.54) is 29.8 Å². The van der Waals surface area contributed by atoms with Crippen LogP contribution in [-0.2, 0) is 13.1 Å². The molecule has 19 heavy (non-hydrogen) atoms. The summed E-state index contributed by atoms with van der Waals surface area (Å²) in [5, 5.41) is 7.59. The molecule has 2 aromatic rings. The van der Waals surface area contributed by atoms with Gasteiger partial charge in [0.2, 0.25) is 5.88 Å². The first-order chi connectivity index (χ1) is 9.20. The van der Waals surface area contributed by atoms with Crippen LogP contribution in [0.4, 0.5) is 8.78 Å². The normalized spacial score (nSPS) is 13.8. The number of nitrogens with zero attached hydrogens (tertiary/aromatic N) is 3. The number of halogens is 2. The van der Waals surface area contributed by atoms with Crippen molar-refractivity contribution >= 4 is 11.9 Å². The molecular weight excluding hydrogens is 274 g/mol. The zero-order valence-corrected chi connectivity index (χ0v) is 10.5. The maximum atomic E-state index is 12.0. The maximum absolute atomic E-state index is 12.0. The number of nitrogens with one attached hydrogen (secondary N) is 1. The number of alkyl halides is 2. The molecule has 8 heteroatoms. The van der Waals surface area contributed by atoms with Gasteiger partial charge in [-0.05, 0) is 6.07 Å². The molecule has 0 amide bonds. The molecule has 0 bridgehead atoms. The lowest BCUT2D eigenvalue weighted by molar-refractivity contribution is -0.0529. The highest BCUT2D eigenvalue weighted by atomic mass is 32.2. The summed E-state index contributed by atoms with van der Waals surface area (Å²) in [5.74, 6) is -0.0912. The second-order valence-electron chi connectivity index (χ2n) is 3.91. The Kier molecular flexibility index (Phi) is 3.34. The molecule has 1 aliphatic heterocycles. The van der Waals surface area contributed by atoms with Crippen LogP contribution in [0.15, 0.2) is 29.4 Å². The summed E-state index contributed by atoms with van der Waals surface area (Å²) in [4.78, 5) is 4.60.